The van der Waals surface area contributed by atoms with Gasteiger partial charge in [-0.3, -0.25) is 4.79 Å². The standard InChI is InChI=1S/C13H7BrF3NO/c14-9-5-11(17)12(6-10(9)16)18-13(19)7-1-3-8(15)4-2-7/h1-6H,(H,18,19). The van der Waals surface area contributed by atoms with Crippen LogP contribution in [-0.4, -0.2) is 5.91 Å². The van der Waals surface area contributed by atoms with Gasteiger partial charge in [0, 0.05) is 11.6 Å². The molecule has 2 rings (SSSR count). The van der Waals surface area contributed by atoms with Crippen LogP contribution in [0.15, 0.2) is 40.9 Å². The third kappa shape index (κ3) is 3.14. The summed E-state index contributed by atoms with van der Waals surface area (Å²) < 4.78 is 39.4. The van der Waals surface area contributed by atoms with Crippen molar-refractivity contribution in [3.8, 4) is 0 Å². The highest BCUT2D eigenvalue weighted by Gasteiger charge is 2.12. The van der Waals surface area contributed by atoms with Gasteiger partial charge in [0.1, 0.15) is 17.5 Å². The second kappa shape index (κ2) is 5.44. The van der Waals surface area contributed by atoms with Crippen molar-refractivity contribution in [1.82, 2.24) is 0 Å². The van der Waals surface area contributed by atoms with Crippen molar-refractivity contribution in [2.45, 2.75) is 0 Å². The molecule has 0 radical (unpaired) electrons. The number of halogens is 4. The predicted molar refractivity (Wildman–Crippen MR) is 68.4 cm³/mol. The minimum Gasteiger partial charge on any atom is -0.319 e. The summed E-state index contributed by atoms with van der Waals surface area (Å²) in [7, 11) is 0. The van der Waals surface area contributed by atoms with E-state index in [1.165, 1.54) is 12.1 Å². The Kier molecular flexibility index (Phi) is 3.90. The fourth-order valence-corrected chi connectivity index (χ4v) is 1.73. The van der Waals surface area contributed by atoms with Crippen LogP contribution in [0.2, 0.25) is 0 Å². The molecule has 0 aromatic heterocycles. The zero-order valence-corrected chi connectivity index (χ0v) is 11.0. The predicted octanol–water partition coefficient (Wildman–Crippen LogP) is 4.12. The van der Waals surface area contributed by atoms with Crippen LogP contribution >= 0.6 is 15.9 Å². The van der Waals surface area contributed by atoms with Gasteiger partial charge < -0.3 is 5.32 Å². The van der Waals surface area contributed by atoms with Gasteiger partial charge in [-0.05, 0) is 46.3 Å². The van der Waals surface area contributed by atoms with Crippen molar-refractivity contribution >= 4 is 27.5 Å². The highest BCUT2D eigenvalue weighted by atomic mass is 79.9. The SMILES string of the molecule is O=C(Nc1cc(F)c(Br)cc1F)c1ccc(F)cc1. The normalized spacial score (nSPS) is 10.3. The Bertz CT molecular complexity index is 629. The van der Waals surface area contributed by atoms with E-state index in [1.807, 2.05) is 0 Å². The van der Waals surface area contributed by atoms with Gasteiger partial charge >= 0.3 is 0 Å². The largest absolute Gasteiger partial charge is 0.319 e. The average molecular weight is 330 g/mol. The maximum Gasteiger partial charge on any atom is 0.255 e. The van der Waals surface area contributed by atoms with Crippen molar-refractivity contribution in [2.75, 3.05) is 5.32 Å². The first-order chi connectivity index (χ1) is 8.97. The van der Waals surface area contributed by atoms with Crippen LogP contribution < -0.4 is 5.32 Å². The molecule has 2 aromatic carbocycles. The van der Waals surface area contributed by atoms with E-state index in [2.05, 4.69) is 21.2 Å². The van der Waals surface area contributed by atoms with Crippen LogP contribution in [0.3, 0.4) is 0 Å². The fraction of sp³-hybridized carbons (Fsp3) is 0. The summed E-state index contributed by atoms with van der Waals surface area (Å²) in [5.74, 6) is -2.61. The Morgan fingerprint density at radius 3 is 2.26 bits per heavy atom. The van der Waals surface area contributed by atoms with Crippen molar-refractivity contribution in [3.63, 3.8) is 0 Å². The summed E-state index contributed by atoms with van der Waals surface area (Å²) in [4.78, 5) is 11.7. The van der Waals surface area contributed by atoms with Crippen LogP contribution in [0.4, 0.5) is 18.9 Å². The van der Waals surface area contributed by atoms with Gasteiger partial charge in [0.05, 0.1) is 10.2 Å². The van der Waals surface area contributed by atoms with Gasteiger partial charge in [0.25, 0.3) is 5.91 Å². The summed E-state index contributed by atoms with van der Waals surface area (Å²) in [6.07, 6.45) is 0. The third-order valence-electron chi connectivity index (χ3n) is 2.36. The number of benzene rings is 2. The molecule has 0 fully saturated rings. The second-order valence-corrected chi connectivity index (χ2v) is 4.56. The first-order valence-corrected chi connectivity index (χ1v) is 5.98. The third-order valence-corrected chi connectivity index (χ3v) is 2.97. The van der Waals surface area contributed by atoms with E-state index >= 15 is 0 Å². The Hall–Kier alpha value is -1.82. The quantitative estimate of drug-likeness (QED) is 0.825. The summed E-state index contributed by atoms with van der Waals surface area (Å²) in [5.41, 5.74) is -0.140. The number of hydrogen-bond acceptors (Lipinski definition) is 1. The first kappa shape index (κ1) is 13.6. The van der Waals surface area contributed by atoms with Gasteiger partial charge in [-0.25, -0.2) is 13.2 Å². The van der Waals surface area contributed by atoms with Crippen LogP contribution in [0.5, 0.6) is 0 Å². The minimum atomic E-state index is -0.774. The number of nitrogens with one attached hydrogen (secondary N) is 1. The Balaban J connectivity index is 2.24. The van der Waals surface area contributed by atoms with Gasteiger partial charge in [-0.15, -0.1) is 0 Å². The molecule has 6 heteroatoms. The van der Waals surface area contributed by atoms with Gasteiger partial charge in [-0.2, -0.15) is 0 Å². The van der Waals surface area contributed by atoms with E-state index in [0.717, 1.165) is 24.3 Å². The zero-order chi connectivity index (χ0) is 14.0. The molecule has 19 heavy (non-hydrogen) atoms. The molecule has 0 aliphatic heterocycles. The highest BCUT2D eigenvalue weighted by Crippen LogP contribution is 2.23. The van der Waals surface area contributed by atoms with Crippen molar-refractivity contribution < 1.29 is 18.0 Å². The lowest BCUT2D eigenvalue weighted by molar-refractivity contribution is 0.102. The summed E-state index contributed by atoms with van der Waals surface area (Å²) in [6.45, 7) is 0. The van der Waals surface area contributed by atoms with Crippen LogP contribution in [0.1, 0.15) is 10.4 Å². The molecule has 0 atom stereocenters. The number of carbonyl (C=O) groups is 1. The van der Waals surface area contributed by atoms with Crippen LogP contribution in [0, 0.1) is 17.5 Å². The van der Waals surface area contributed by atoms with Crippen molar-refractivity contribution in [3.05, 3.63) is 63.9 Å². The minimum absolute atomic E-state index is 0.0372. The molecule has 2 aromatic rings. The molecule has 0 aliphatic carbocycles. The molecule has 0 unspecified atom stereocenters. The lowest BCUT2D eigenvalue weighted by Crippen LogP contribution is -2.13. The van der Waals surface area contributed by atoms with Gasteiger partial charge in [-0.1, -0.05) is 0 Å². The highest BCUT2D eigenvalue weighted by molar-refractivity contribution is 9.10. The number of rotatable bonds is 2. The zero-order valence-electron chi connectivity index (χ0n) is 9.38. The first-order valence-electron chi connectivity index (χ1n) is 5.19. The number of anilines is 1. The Labute approximate surface area is 115 Å². The van der Waals surface area contributed by atoms with Gasteiger partial charge in [0.15, 0.2) is 0 Å². The molecule has 2 nitrogen and oxygen atoms in total. The molecule has 0 heterocycles. The summed E-state index contributed by atoms with van der Waals surface area (Å²) in [5, 5.41) is 2.22. The summed E-state index contributed by atoms with van der Waals surface area (Å²) >= 11 is 2.83. The Morgan fingerprint density at radius 1 is 1.00 bits per heavy atom. The maximum atomic E-state index is 13.5. The Morgan fingerprint density at radius 2 is 1.63 bits per heavy atom. The molecule has 1 amide bonds. The summed E-state index contributed by atoms with van der Waals surface area (Å²) in [6, 6.07) is 6.48. The van der Waals surface area contributed by atoms with E-state index < -0.39 is 23.4 Å². The van der Waals surface area contributed by atoms with Crippen LogP contribution in [0.25, 0.3) is 0 Å². The molecule has 0 aliphatic rings. The van der Waals surface area contributed by atoms with E-state index in [4.69, 9.17) is 0 Å². The molecule has 98 valence electrons. The maximum absolute atomic E-state index is 13.5. The number of amides is 1. The molecular weight excluding hydrogens is 323 g/mol. The number of carbonyl (C=O) groups excluding carboxylic acids is 1. The van der Waals surface area contributed by atoms with Crippen molar-refractivity contribution in [1.29, 1.82) is 0 Å². The number of hydrogen-bond donors (Lipinski definition) is 1. The van der Waals surface area contributed by atoms with Crippen LogP contribution in [-0.2, 0) is 0 Å². The molecule has 0 bridgehead atoms. The lowest BCUT2D eigenvalue weighted by atomic mass is 10.2. The monoisotopic (exact) mass is 329 g/mol. The van der Waals surface area contributed by atoms with E-state index in [-0.39, 0.29) is 15.7 Å². The molecule has 1 N–H and O–H groups in total. The second-order valence-electron chi connectivity index (χ2n) is 3.71. The van der Waals surface area contributed by atoms with E-state index in [1.54, 1.807) is 0 Å². The smallest absolute Gasteiger partial charge is 0.255 e. The lowest BCUT2D eigenvalue weighted by Gasteiger charge is -2.07. The topological polar surface area (TPSA) is 29.1 Å². The van der Waals surface area contributed by atoms with Gasteiger partial charge in [0.2, 0.25) is 0 Å². The average Bonchev–Trinajstić information content (AvgIpc) is 2.36. The molecule has 0 saturated carbocycles. The van der Waals surface area contributed by atoms with E-state index in [0.29, 0.717) is 0 Å². The molecule has 0 spiro atoms. The molecular formula is C13H7BrF3NO. The fourth-order valence-electron chi connectivity index (χ4n) is 1.41. The van der Waals surface area contributed by atoms with Crippen molar-refractivity contribution in [2.24, 2.45) is 0 Å². The van der Waals surface area contributed by atoms with E-state index in [9.17, 15) is 18.0 Å². The molecule has 0 saturated heterocycles.